The molecule has 0 amide bonds. The molecule has 0 saturated carbocycles. The minimum absolute atomic E-state index is 0.298. The van der Waals surface area contributed by atoms with Gasteiger partial charge in [-0.15, -0.1) is 0 Å². The Morgan fingerprint density at radius 2 is 1.55 bits per heavy atom. The number of rotatable bonds is 3. The standard InChI is InChI=1S/C19H16N2O/c1-2-22-13-19(12-21)17-9-5-3-7-14(17)16(11-20)15-8-4-6-10-18(15)19/h3-10,16H,2,13H2,1H3. The second kappa shape index (κ2) is 5.64. The van der Waals surface area contributed by atoms with E-state index in [4.69, 9.17) is 4.74 Å². The lowest BCUT2D eigenvalue weighted by Crippen LogP contribution is -2.37. The van der Waals surface area contributed by atoms with E-state index in [1.807, 2.05) is 55.5 Å². The normalized spacial score (nSPS) is 22.0. The van der Waals surface area contributed by atoms with Crippen LogP contribution in [0.25, 0.3) is 0 Å². The zero-order valence-corrected chi connectivity index (χ0v) is 12.4. The van der Waals surface area contributed by atoms with Crippen LogP contribution in [0.4, 0.5) is 0 Å². The summed E-state index contributed by atoms with van der Waals surface area (Å²) in [4.78, 5) is 0. The Hall–Kier alpha value is -2.62. The minimum Gasteiger partial charge on any atom is -0.379 e. The van der Waals surface area contributed by atoms with Gasteiger partial charge in [0.15, 0.2) is 0 Å². The van der Waals surface area contributed by atoms with Crippen molar-refractivity contribution in [2.75, 3.05) is 13.2 Å². The van der Waals surface area contributed by atoms with Gasteiger partial charge in [0.25, 0.3) is 0 Å². The van der Waals surface area contributed by atoms with E-state index >= 15 is 0 Å². The van der Waals surface area contributed by atoms with Crippen LogP contribution in [-0.2, 0) is 10.2 Å². The van der Waals surface area contributed by atoms with Crippen LogP contribution in [0.2, 0.25) is 0 Å². The summed E-state index contributed by atoms with van der Waals surface area (Å²) in [5, 5.41) is 19.6. The summed E-state index contributed by atoms with van der Waals surface area (Å²) in [6.07, 6.45) is 0. The van der Waals surface area contributed by atoms with E-state index in [1.54, 1.807) is 0 Å². The molecule has 0 N–H and O–H groups in total. The molecule has 0 radical (unpaired) electrons. The maximum atomic E-state index is 10.0. The summed E-state index contributed by atoms with van der Waals surface area (Å²) in [6.45, 7) is 2.77. The smallest absolute Gasteiger partial charge is 0.131 e. The summed E-state index contributed by atoms with van der Waals surface area (Å²) >= 11 is 0. The van der Waals surface area contributed by atoms with Crippen molar-refractivity contribution >= 4 is 0 Å². The molecule has 3 nitrogen and oxygen atoms in total. The van der Waals surface area contributed by atoms with Gasteiger partial charge in [0.2, 0.25) is 0 Å². The maximum absolute atomic E-state index is 10.0. The van der Waals surface area contributed by atoms with Crippen molar-refractivity contribution in [3.05, 3.63) is 70.8 Å². The maximum Gasteiger partial charge on any atom is 0.131 e. The zero-order valence-electron chi connectivity index (χ0n) is 12.4. The molecule has 1 aliphatic carbocycles. The molecular weight excluding hydrogens is 272 g/mol. The number of ether oxygens (including phenoxy) is 1. The van der Waals surface area contributed by atoms with Crippen LogP contribution >= 0.6 is 0 Å². The zero-order chi connectivity index (χ0) is 15.6. The van der Waals surface area contributed by atoms with E-state index in [2.05, 4.69) is 12.1 Å². The predicted molar refractivity (Wildman–Crippen MR) is 83.2 cm³/mol. The van der Waals surface area contributed by atoms with Crippen LogP contribution < -0.4 is 0 Å². The van der Waals surface area contributed by atoms with E-state index in [1.165, 1.54) is 0 Å². The Labute approximate surface area is 130 Å². The fraction of sp³-hybridized carbons (Fsp3) is 0.263. The Balaban J connectivity index is 2.33. The molecule has 0 heterocycles. The number of hydrogen-bond donors (Lipinski definition) is 0. The average molecular weight is 288 g/mol. The Morgan fingerprint density at radius 3 is 2.00 bits per heavy atom. The predicted octanol–water partition coefficient (Wildman–Crippen LogP) is 3.50. The van der Waals surface area contributed by atoms with Gasteiger partial charge < -0.3 is 4.74 Å². The van der Waals surface area contributed by atoms with Gasteiger partial charge in [-0.25, -0.2) is 0 Å². The summed E-state index contributed by atoms with van der Waals surface area (Å²) in [7, 11) is 0. The summed E-state index contributed by atoms with van der Waals surface area (Å²) in [5.74, 6) is -0.337. The van der Waals surface area contributed by atoms with Crippen molar-refractivity contribution in [3.63, 3.8) is 0 Å². The monoisotopic (exact) mass is 288 g/mol. The van der Waals surface area contributed by atoms with E-state index in [9.17, 15) is 10.5 Å². The van der Waals surface area contributed by atoms with Crippen LogP contribution in [0.3, 0.4) is 0 Å². The summed E-state index contributed by atoms with van der Waals surface area (Å²) in [6, 6.07) is 20.3. The van der Waals surface area contributed by atoms with Crippen molar-refractivity contribution in [1.82, 2.24) is 0 Å². The Morgan fingerprint density at radius 1 is 1.00 bits per heavy atom. The van der Waals surface area contributed by atoms with E-state index < -0.39 is 5.41 Å². The third-order valence-corrected chi connectivity index (χ3v) is 4.31. The highest BCUT2D eigenvalue weighted by molar-refractivity contribution is 5.62. The second-order valence-corrected chi connectivity index (χ2v) is 5.39. The number of nitriles is 2. The SMILES string of the molecule is CCOCC1(C#N)c2ccccc2C(C#N)c2ccccc21. The first-order chi connectivity index (χ1) is 10.8. The van der Waals surface area contributed by atoms with Crippen LogP contribution in [0.15, 0.2) is 48.5 Å². The van der Waals surface area contributed by atoms with Gasteiger partial charge in [-0.2, -0.15) is 10.5 Å². The third-order valence-electron chi connectivity index (χ3n) is 4.31. The molecule has 0 saturated heterocycles. The van der Waals surface area contributed by atoms with E-state index in [0.29, 0.717) is 13.2 Å². The molecule has 2 aromatic rings. The van der Waals surface area contributed by atoms with Gasteiger partial charge in [0.05, 0.1) is 24.7 Å². The Bertz CT molecular complexity index is 735. The second-order valence-electron chi connectivity index (χ2n) is 5.39. The topological polar surface area (TPSA) is 56.8 Å². The molecule has 3 heteroatoms. The third kappa shape index (κ3) is 1.91. The van der Waals surface area contributed by atoms with Crippen molar-refractivity contribution in [2.24, 2.45) is 0 Å². The van der Waals surface area contributed by atoms with Crippen molar-refractivity contribution in [3.8, 4) is 12.1 Å². The van der Waals surface area contributed by atoms with Gasteiger partial charge in [0, 0.05) is 6.61 Å². The molecular formula is C19H16N2O. The highest BCUT2D eigenvalue weighted by Crippen LogP contribution is 2.46. The van der Waals surface area contributed by atoms with Gasteiger partial charge in [-0.05, 0) is 29.2 Å². The molecule has 0 aliphatic heterocycles. The molecule has 22 heavy (non-hydrogen) atoms. The molecule has 0 spiro atoms. The highest BCUT2D eigenvalue weighted by Gasteiger charge is 2.44. The number of hydrogen-bond acceptors (Lipinski definition) is 3. The summed E-state index contributed by atoms with van der Waals surface area (Å²) < 4.78 is 5.64. The largest absolute Gasteiger partial charge is 0.379 e. The molecule has 0 bridgehead atoms. The van der Waals surface area contributed by atoms with Crippen LogP contribution in [0.5, 0.6) is 0 Å². The molecule has 2 aromatic carbocycles. The van der Waals surface area contributed by atoms with Gasteiger partial charge in [-0.1, -0.05) is 48.5 Å². The minimum atomic E-state index is -0.851. The van der Waals surface area contributed by atoms with Crippen molar-refractivity contribution in [2.45, 2.75) is 18.3 Å². The highest BCUT2D eigenvalue weighted by atomic mass is 16.5. The van der Waals surface area contributed by atoms with Gasteiger partial charge >= 0.3 is 0 Å². The first-order valence-corrected chi connectivity index (χ1v) is 7.36. The molecule has 0 atom stereocenters. The lowest BCUT2D eigenvalue weighted by Gasteiger charge is -2.37. The van der Waals surface area contributed by atoms with Crippen LogP contribution in [-0.4, -0.2) is 13.2 Å². The molecule has 0 unspecified atom stereocenters. The molecule has 0 fully saturated rings. The lowest BCUT2D eigenvalue weighted by molar-refractivity contribution is 0.122. The number of nitrogens with zero attached hydrogens (tertiary/aromatic N) is 2. The quantitative estimate of drug-likeness (QED) is 0.868. The van der Waals surface area contributed by atoms with E-state index in [0.717, 1.165) is 22.3 Å². The van der Waals surface area contributed by atoms with Crippen LogP contribution in [0, 0.1) is 22.7 Å². The summed E-state index contributed by atoms with van der Waals surface area (Å²) in [5.41, 5.74) is 2.73. The molecule has 108 valence electrons. The molecule has 3 rings (SSSR count). The van der Waals surface area contributed by atoms with Crippen LogP contribution in [0.1, 0.15) is 35.1 Å². The number of fused-ring (bicyclic) bond motifs is 2. The molecule has 0 aromatic heterocycles. The molecule has 1 aliphatic rings. The van der Waals surface area contributed by atoms with Gasteiger partial charge in [0.1, 0.15) is 5.41 Å². The van der Waals surface area contributed by atoms with Gasteiger partial charge in [-0.3, -0.25) is 0 Å². The Kier molecular flexibility index (Phi) is 3.67. The first kappa shape index (κ1) is 14.3. The fourth-order valence-corrected chi connectivity index (χ4v) is 3.29. The van der Waals surface area contributed by atoms with Crippen molar-refractivity contribution in [1.29, 1.82) is 10.5 Å². The van der Waals surface area contributed by atoms with Crippen molar-refractivity contribution < 1.29 is 4.74 Å². The lowest BCUT2D eigenvalue weighted by atomic mass is 9.64. The first-order valence-electron chi connectivity index (χ1n) is 7.36. The number of benzene rings is 2. The fourth-order valence-electron chi connectivity index (χ4n) is 3.29. The average Bonchev–Trinajstić information content (AvgIpc) is 2.59. The van der Waals surface area contributed by atoms with E-state index in [-0.39, 0.29) is 5.92 Å².